The van der Waals surface area contributed by atoms with Crippen LogP contribution >= 0.6 is 15.9 Å². The molecule has 0 aliphatic heterocycles. The predicted octanol–water partition coefficient (Wildman–Crippen LogP) is 3.51. The minimum atomic E-state index is -0.374. The number of rotatable bonds is 1. The van der Waals surface area contributed by atoms with Crippen LogP contribution in [-0.2, 0) is 0 Å². The maximum absolute atomic E-state index is 13.4. The molecule has 2 aromatic carbocycles. The lowest BCUT2D eigenvalue weighted by Gasteiger charge is -2.09. The molecule has 0 fully saturated rings. The number of nitrogens with zero attached hydrogens (tertiary/aromatic N) is 2. The molecule has 0 radical (unpaired) electrons. The average molecular weight is 306 g/mol. The highest BCUT2D eigenvalue weighted by atomic mass is 79.9. The van der Waals surface area contributed by atoms with Crippen molar-refractivity contribution < 1.29 is 4.39 Å². The molecular formula is C13H9BrFN3. The zero-order valence-corrected chi connectivity index (χ0v) is 10.9. The Morgan fingerprint density at radius 1 is 1.22 bits per heavy atom. The number of aromatic nitrogens is 2. The summed E-state index contributed by atoms with van der Waals surface area (Å²) < 4.78 is 15.6. The quantitative estimate of drug-likeness (QED) is 0.699. The molecule has 0 saturated heterocycles. The monoisotopic (exact) mass is 305 g/mol. The molecule has 18 heavy (non-hydrogen) atoms. The highest BCUT2D eigenvalue weighted by Crippen LogP contribution is 2.27. The normalized spacial score (nSPS) is 11.0. The van der Waals surface area contributed by atoms with Gasteiger partial charge >= 0.3 is 0 Å². The molecule has 2 N–H and O–H groups in total. The second-order valence-electron chi connectivity index (χ2n) is 3.93. The number of benzene rings is 2. The second-order valence-corrected chi connectivity index (χ2v) is 4.78. The molecular weight excluding hydrogens is 297 g/mol. The summed E-state index contributed by atoms with van der Waals surface area (Å²) in [5, 5.41) is 0. The van der Waals surface area contributed by atoms with Gasteiger partial charge in [0.15, 0.2) is 0 Å². The van der Waals surface area contributed by atoms with E-state index < -0.39 is 0 Å². The molecule has 3 aromatic rings. The number of nitrogen functional groups attached to an aromatic ring is 1. The van der Waals surface area contributed by atoms with E-state index in [-0.39, 0.29) is 5.82 Å². The van der Waals surface area contributed by atoms with Crippen LogP contribution in [0.1, 0.15) is 0 Å². The molecule has 1 heterocycles. The van der Waals surface area contributed by atoms with Crippen LogP contribution in [0, 0.1) is 5.82 Å². The van der Waals surface area contributed by atoms with Gasteiger partial charge in [-0.1, -0.05) is 12.1 Å². The van der Waals surface area contributed by atoms with Crippen molar-refractivity contribution in [2.24, 2.45) is 0 Å². The van der Waals surface area contributed by atoms with E-state index >= 15 is 0 Å². The lowest BCUT2D eigenvalue weighted by atomic mass is 10.2. The SMILES string of the molecule is Nc1cc(F)c(Br)cc1-n1cnc2ccccc21. The minimum absolute atomic E-state index is 0.374. The van der Waals surface area contributed by atoms with E-state index in [0.29, 0.717) is 15.8 Å². The predicted molar refractivity (Wildman–Crippen MR) is 73.1 cm³/mol. The lowest BCUT2D eigenvalue weighted by Crippen LogP contribution is -1.99. The van der Waals surface area contributed by atoms with Crippen LogP contribution in [0.4, 0.5) is 10.1 Å². The van der Waals surface area contributed by atoms with Crippen molar-refractivity contribution in [3.05, 3.63) is 53.0 Å². The van der Waals surface area contributed by atoms with E-state index in [1.165, 1.54) is 6.07 Å². The molecule has 90 valence electrons. The van der Waals surface area contributed by atoms with Gasteiger partial charge < -0.3 is 5.73 Å². The van der Waals surface area contributed by atoms with Gasteiger partial charge in [-0.2, -0.15) is 0 Å². The van der Waals surface area contributed by atoms with Gasteiger partial charge in [-0.15, -0.1) is 0 Å². The van der Waals surface area contributed by atoms with Crippen molar-refractivity contribution in [1.82, 2.24) is 9.55 Å². The number of para-hydroxylation sites is 2. The fourth-order valence-corrected chi connectivity index (χ4v) is 2.24. The number of hydrogen-bond donors (Lipinski definition) is 1. The maximum atomic E-state index is 13.4. The Morgan fingerprint density at radius 3 is 2.83 bits per heavy atom. The van der Waals surface area contributed by atoms with Crippen molar-refractivity contribution >= 4 is 32.7 Å². The van der Waals surface area contributed by atoms with Gasteiger partial charge in [-0.3, -0.25) is 4.57 Å². The summed E-state index contributed by atoms with van der Waals surface area (Å²) in [4.78, 5) is 4.29. The smallest absolute Gasteiger partial charge is 0.139 e. The molecule has 0 unspecified atom stereocenters. The maximum Gasteiger partial charge on any atom is 0.139 e. The molecule has 0 saturated carbocycles. The van der Waals surface area contributed by atoms with E-state index in [9.17, 15) is 4.39 Å². The Hall–Kier alpha value is -1.88. The van der Waals surface area contributed by atoms with Crippen LogP contribution in [0.5, 0.6) is 0 Å². The molecule has 0 atom stereocenters. The van der Waals surface area contributed by atoms with Crippen molar-refractivity contribution in [3.8, 4) is 5.69 Å². The largest absolute Gasteiger partial charge is 0.397 e. The minimum Gasteiger partial charge on any atom is -0.397 e. The first-order valence-electron chi connectivity index (χ1n) is 5.34. The summed E-state index contributed by atoms with van der Waals surface area (Å²) in [6, 6.07) is 10.7. The van der Waals surface area contributed by atoms with Crippen LogP contribution in [-0.4, -0.2) is 9.55 Å². The molecule has 0 aliphatic rings. The van der Waals surface area contributed by atoms with Crippen molar-refractivity contribution in [1.29, 1.82) is 0 Å². The average Bonchev–Trinajstić information content (AvgIpc) is 2.78. The Balaban J connectivity index is 2.29. The third-order valence-electron chi connectivity index (χ3n) is 2.78. The first kappa shape index (κ1) is 11.2. The fourth-order valence-electron chi connectivity index (χ4n) is 1.91. The van der Waals surface area contributed by atoms with Crippen LogP contribution < -0.4 is 5.73 Å². The van der Waals surface area contributed by atoms with Gasteiger partial charge in [0.2, 0.25) is 0 Å². The van der Waals surface area contributed by atoms with E-state index in [0.717, 1.165) is 11.0 Å². The standard InChI is InChI=1S/C13H9BrFN3/c14-8-5-13(10(16)6-9(8)15)18-7-17-11-3-1-2-4-12(11)18/h1-7H,16H2. The van der Waals surface area contributed by atoms with Gasteiger partial charge in [0.05, 0.1) is 26.9 Å². The first-order valence-corrected chi connectivity index (χ1v) is 6.13. The summed E-state index contributed by atoms with van der Waals surface area (Å²) in [6.45, 7) is 0. The van der Waals surface area contributed by atoms with Crippen molar-refractivity contribution in [2.75, 3.05) is 5.73 Å². The molecule has 1 aromatic heterocycles. The summed E-state index contributed by atoms with van der Waals surface area (Å²) in [6.07, 6.45) is 1.68. The third kappa shape index (κ3) is 1.67. The van der Waals surface area contributed by atoms with Crippen molar-refractivity contribution in [2.45, 2.75) is 0 Å². The Bertz CT molecular complexity index is 736. The van der Waals surface area contributed by atoms with E-state index in [1.807, 2.05) is 28.8 Å². The molecule has 0 bridgehead atoms. The molecule has 3 nitrogen and oxygen atoms in total. The molecule has 3 rings (SSSR count). The van der Waals surface area contributed by atoms with Gasteiger partial charge in [0, 0.05) is 6.07 Å². The van der Waals surface area contributed by atoms with Crippen LogP contribution in [0.25, 0.3) is 16.7 Å². The number of nitrogens with two attached hydrogens (primary N) is 1. The van der Waals surface area contributed by atoms with Crippen LogP contribution in [0.15, 0.2) is 47.2 Å². The van der Waals surface area contributed by atoms with Crippen LogP contribution in [0.3, 0.4) is 0 Å². The molecule has 5 heteroatoms. The zero-order chi connectivity index (χ0) is 12.7. The second kappa shape index (κ2) is 4.10. The molecule has 0 amide bonds. The number of anilines is 1. The number of hydrogen-bond acceptors (Lipinski definition) is 2. The summed E-state index contributed by atoms with van der Waals surface area (Å²) in [5.74, 6) is -0.374. The van der Waals surface area contributed by atoms with Gasteiger partial charge in [-0.05, 0) is 34.1 Å². The lowest BCUT2D eigenvalue weighted by molar-refractivity contribution is 0.621. The van der Waals surface area contributed by atoms with Gasteiger partial charge in [0.1, 0.15) is 12.1 Å². The van der Waals surface area contributed by atoms with Gasteiger partial charge in [0.25, 0.3) is 0 Å². The van der Waals surface area contributed by atoms with Gasteiger partial charge in [-0.25, -0.2) is 9.37 Å². The molecule has 0 spiro atoms. The van der Waals surface area contributed by atoms with E-state index in [2.05, 4.69) is 20.9 Å². The van der Waals surface area contributed by atoms with E-state index in [1.54, 1.807) is 12.4 Å². The number of halogens is 2. The summed E-state index contributed by atoms with van der Waals surface area (Å²) >= 11 is 3.17. The van der Waals surface area contributed by atoms with Crippen molar-refractivity contribution in [3.63, 3.8) is 0 Å². The first-order chi connectivity index (χ1) is 8.66. The highest BCUT2D eigenvalue weighted by Gasteiger charge is 2.10. The highest BCUT2D eigenvalue weighted by molar-refractivity contribution is 9.10. The van der Waals surface area contributed by atoms with E-state index in [4.69, 9.17) is 5.73 Å². The number of fused-ring (bicyclic) bond motifs is 1. The Labute approximate surface area is 111 Å². The fraction of sp³-hybridized carbons (Fsp3) is 0. The summed E-state index contributed by atoms with van der Waals surface area (Å²) in [7, 11) is 0. The van der Waals surface area contributed by atoms with Crippen LogP contribution in [0.2, 0.25) is 0 Å². The third-order valence-corrected chi connectivity index (χ3v) is 3.39. The molecule has 0 aliphatic carbocycles. The Kier molecular flexibility index (Phi) is 2.56. The number of imidazole rings is 1. The zero-order valence-electron chi connectivity index (χ0n) is 9.27. The summed E-state index contributed by atoms with van der Waals surface area (Å²) in [5.41, 5.74) is 8.75. The topological polar surface area (TPSA) is 43.8 Å². The Morgan fingerprint density at radius 2 is 2.00 bits per heavy atom.